The number of nitrogens with one attached hydrogen (secondary N) is 1. The van der Waals surface area contributed by atoms with Crippen LogP contribution in [-0.4, -0.2) is 12.6 Å². The molecule has 1 aromatic rings. The van der Waals surface area contributed by atoms with E-state index in [4.69, 9.17) is 10.6 Å². The van der Waals surface area contributed by atoms with Crippen molar-refractivity contribution in [2.75, 3.05) is 6.61 Å². The number of para-hydroxylation sites is 1. The summed E-state index contributed by atoms with van der Waals surface area (Å²) in [6.07, 6.45) is 2.38. The number of hydrazine groups is 1. The third-order valence-corrected chi connectivity index (χ3v) is 3.72. The molecule has 1 heterocycles. The second kappa shape index (κ2) is 5.52. The molecule has 3 heteroatoms. The number of fused-ring (bicyclic) bond motifs is 1. The maximum Gasteiger partial charge on any atom is 0.122 e. The molecule has 3 nitrogen and oxygen atoms in total. The van der Waals surface area contributed by atoms with Gasteiger partial charge in [-0.15, -0.1) is 0 Å². The van der Waals surface area contributed by atoms with Crippen molar-refractivity contribution in [3.05, 3.63) is 29.8 Å². The van der Waals surface area contributed by atoms with Crippen LogP contribution in [0, 0.1) is 5.92 Å². The zero-order chi connectivity index (χ0) is 12.3. The molecule has 0 bridgehead atoms. The Kier molecular flexibility index (Phi) is 4.02. The molecule has 0 aliphatic carbocycles. The number of hydrogen-bond donors (Lipinski definition) is 2. The van der Waals surface area contributed by atoms with Gasteiger partial charge in [-0.2, -0.15) is 0 Å². The second-order valence-corrected chi connectivity index (χ2v) is 4.91. The van der Waals surface area contributed by atoms with Crippen LogP contribution in [0.1, 0.15) is 38.2 Å². The molecule has 94 valence electrons. The minimum atomic E-state index is 0.290. The maximum atomic E-state index is 5.74. The number of benzene rings is 1. The molecule has 3 unspecified atom stereocenters. The molecule has 2 rings (SSSR count). The Morgan fingerprint density at radius 1 is 1.47 bits per heavy atom. The fraction of sp³-hybridized carbons (Fsp3) is 0.571. The van der Waals surface area contributed by atoms with Crippen LogP contribution in [-0.2, 0) is 0 Å². The van der Waals surface area contributed by atoms with E-state index in [9.17, 15) is 0 Å². The van der Waals surface area contributed by atoms with Crippen molar-refractivity contribution in [2.45, 2.75) is 38.6 Å². The van der Waals surface area contributed by atoms with Crippen molar-refractivity contribution in [1.29, 1.82) is 0 Å². The monoisotopic (exact) mass is 234 g/mol. The Labute approximate surface area is 103 Å². The van der Waals surface area contributed by atoms with Gasteiger partial charge in [-0.3, -0.25) is 11.3 Å². The Morgan fingerprint density at radius 3 is 2.94 bits per heavy atom. The molecule has 0 saturated heterocycles. The molecule has 0 radical (unpaired) electrons. The highest BCUT2D eigenvalue weighted by molar-refractivity contribution is 5.40. The quantitative estimate of drug-likeness (QED) is 0.607. The lowest BCUT2D eigenvalue weighted by Crippen LogP contribution is -2.44. The minimum absolute atomic E-state index is 0.290. The van der Waals surface area contributed by atoms with Crippen molar-refractivity contribution in [1.82, 2.24) is 5.43 Å². The number of hydrogen-bond acceptors (Lipinski definition) is 3. The molecular formula is C14H22N2O. The standard InChI is InChI=1S/C14H22N2O/c1-3-6-10(2)14(16-15)12-9-17-13-8-5-4-7-11(12)13/h4-5,7-8,10,12,14,16H,3,6,9,15H2,1-2H3. The summed E-state index contributed by atoms with van der Waals surface area (Å²) in [6.45, 7) is 5.21. The molecule has 3 N–H and O–H groups in total. The van der Waals surface area contributed by atoms with Gasteiger partial charge in [-0.1, -0.05) is 38.5 Å². The third kappa shape index (κ3) is 2.45. The van der Waals surface area contributed by atoms with E-state index in [2.05, 4.69) is 31.4 Å². The molecule has 0 aromatic heterocycles. The minimum Gasteiger partial charge on any atom is -0.493 e. The summed E-state index contributed by atoms with van der Waals surface area (Å²) in [4.78, 5) is 0. The predicted molar refractivity (Wildman–Crippen MR) is 69.9 cm³/mol. The van der Waals surface area contributed by atoms with Crippen LogP contribution >= 0.6 is 0 Å². The van der Waals surface area contributed by atoms with E-state index >= 15 is 0 Å². The van der Waals surface area contributed by atoms with E-state index < -0.39 is 0 Å². The summed E-state index contributed by atoms with van der Waals surface area (Å²) in [5, 5.41) is 0. The third-order valence-electron chi connectivity index (χ3n) is 3.72. The highest BCUT2D eigenvalue weighted by atomic mass is 16.5. The summed E-state index contributed by atoms with van der Waals surface area (Å²) >= 11 is 0. The molecule has 1 aliphatic heterocycles. The van der Waals surface area contributed by atoms with Crippen molar-refractivity contribution in [3.8, 4) is 5.75 Å². The first-order valence-corrected chi connectivity index (χ1v) is 6.45. The summed E-state index contributed by atoms with van der Waals surface area (Å²) < 4.78 is 5.73. The normalized spacial score (nSPS) is 21.7. The zero-order valence-corrected chi connectivity index (χ0v) is 10.6. The smallest absolute Gasteiger partial charge is 0.122 e. The van der Waals surface area contributed by atoms with Crippen LogP contribution in [0.4, 0.5) is 0 Å². The number of rotatable bonds is 5. The van der Waals surface area contributed by atoms with Gasteiger partial charge in [-0.25, -0.2) is 0 Å². The van der Waals surface area contributed by atoms with Crippen LogP contribution in [0.25, 0.3) is 0 Å². The molecular weight excluding hydrogens is 212 g/mol. The average Bonchev–Trinajstić information content (AvgIpc) is 2.75. The number of nitrogens with two attached hydrogens (primary N) is 1. The van der Waals surface area contributed by atoms with Gasteiger partial charge in [0.25, 0.3) is 0 Å². The van der Waals surface area contributed by atoms with Gasteiger partial charge in [0, 0.05) is 17.5 Å². The van der Waals surface area contributed by atoms with Gasteiger partial charge in [0.2, 0.25) is 0 Å². The Balaban J connectivity index is 2.17. The van der Waals surface area contributed by atoms with Crippen LogP contribution in [0.15, 0.2) is 24.3 Å². The topological polar surface area (TPSA) is 47.3 Å². The lowest BCUT2D eigenvalue weighted by atomic mass is 9.84. The van der Waals surface area contributed by atoms with Crippen molar-refractivity contribution in [3.63, 3.8) is 0 Å². The average molecular weight is 234 g/mol. The Morgan fingerprint density at radius 2 is 2.24 bits per heavy atom. The number of ether oxygens (including phenoxy) is 1. The lowest BCUT2D eigenvalue weighted by Gasteiger charge is -2.27. The highest BCUT2D eigenvalue weighted by Gasteiger charge is 2.33. The largest absolute Gasteiger partial charge is 0.493 e. The van der Waals surface area contributed by atoms with Gasteiger partial charge < -0.3 is 4.74 Å². The maximum absolute atomic E-state index is 5.74. The van der Waals surface area contributed by atoms with Gasteiger partial charge >= 0.3 is 0 Å². The molecule has 0 spiro atoms. The van der Waals surface area contributed by atoms with Crippen molar-refractivity contribution < 1.29 is 4.74 Å². The summed E-state index contributed by atoms with van der Waals surface area (Å²) in [7, 11) is 0. The summed E-state index contributed by atoms with van der Waals surface area (Å²) in [5.41, 5.74) is 4.28. The molecule has 1 aromatic carbocycles. The van der Waals surface area contributed by atoms with E-state index in [-0.39, 0.29) is 0 Å². The van der Waals surface area contributed by atoms with Crippen LogP contribution in [0.5, 0.6) is 5.75 Å². The van der Waals surface area contributed by atoms with Gasteiger partial charge in [0.05, 0.1) is 6.61 Å². The predicted octanol–water partition coefficient (Wildman–Crippen LogP) is 2.43. The van der Waals surface area contributed by atoms with Crippen LogP contribution in [0.2, 0.25) is 0 Å². The SMILES string of the molecule is CCCC(C)C(NN)C1COc2ccccc21. The Bertz CT molecular complexity index is 367. The van der Waals surface area contributed by atoms with E-state index in [1.165, 1.54) is 18.4 Å². The molecule has 0 saturated carbocycles. The van der Waals surface area contributed by atoms with Crippen LogP contribution < -0.4 is 16.0 Å². The summed E-state index contributed by atoms with van der Waals surface area (Å²) in [6, 6.07) is 8.56. The van der Waals surface area contributed by atoms with E-state index in [1.807, 2.05) is 12.1 Å². The zero-order valence-electron chi connectivity index (χ0n) is 10.6. The van der Waals surface area contributed by atoms with E-state index in [1.54, 1.807) is 0 Å². The van der Waals surface area contributed by atoms with Crippen molar-refractivity contribution in [2.24, 2.45) is 11.8 Å². The van der Waals surface area contributed by atoms with Crippen molar-refractivity contribution >= 4 is 0 Å². The first kappa shape index (κ1) is 12.4. The van der Waals surface area contributed by atoms with Gasteiger partial charge in [0.1, 0.15) is 5.75 Å². The molecule has 17 heavy (non-hydrogen) atoms. The molecule has 3 atom stereocenters. The van der Waals surface area contributed by atoms with E-state index in [0.29, 0.717) is 17.9 Å². The van der Waals surface area contributed by atoms with Gasteiger partial charge in [0.15, 0.2) is 0 Å². The lowest BCUT2D eigenvalue weighted by molar-refractivity contribution is 0.254. The summed E-state index contributed by atoms with van der Waals surface area (Å²) in [5.74, 6) is 7.68. The second-order valence-electron chi connectivity index (χ2n) is 4.91. The van der Waals surface area contributed by atoms with E-state index in [0.717, 1.165) is 12.4 Å². The fourth-order valence-corrected chi connectivity index (χ4v) is 2.80. The molecule has 1 aliphatic rings. The first-order valence-electron chi connectivity index (χ1n) is 6.45. The highest BCUT2D eigenvalue weighted by Crippen LogP contribution is 2.37. The van der Waals surface area contributed by atoms with Gasteiger partial charge in [-0.05, 0) is 18.4 Å². The molecule has 0 fully saturated rings. The molecule has 0 amide bonds. The first-order chi connectivity index (χ1) is 8.27. The Hall–Kier alpha value is -1.06. The fourth-order valence-electron chi connectivity index (χ4n) is 2.80. The van der Waals surface area contributed by atoms with Crippen LogP contribution in [0.3, 0.4) is 0 Å².